The second-order valence-corrected chi connectivity index (χ2v) is 9.44. The number of nitrogens with two attached hydrogens (primary N) is 1. The molecular weight excluding hydrogens is 376 g/mol. The Morgan fingerprint density at radius 3 is 2.50 bits per heavy atom. The number of nitrogens with zero attached hydrogens (tertiary/aromatic N) is 3. The van der Waals surface area contributed by atoms with Crippen LogP contribution in [0.4, 0.5) is 0 Å². The zero-order valence-electron chi connectivity index (χ0n) is 17.4. The lowest BCUT2D eigenvalue weighted by Gasteiger charge is -2.42. The SMILES string of the molecule is CC(C)(C)Cc1nc(-c2ccc(C(=O)N3CCC(N)C(C)(C)C3)cc2)no1.Cl. The van der Waals surface area contributed by atoms with Crippen LogP contribution in [0.15, 0.2) is 28.8 Å². The first-order valence-corrected chi connectivity index (χ1v) is 9.53. The molecule has 1 unspecified atom stereocenters. The van der Waals surface area contributed by atoms with Gasteiger partial charge in [-0.1, -0.05) is 51.9 Å². The number of amides is 1. The molecule has 0 radical (unpaired) electrons. The summed E-state index contributed by atoms with van der Waals surface area (Å²) in [4.78, 5) is 19.2. The Hall–Kier alpha value is -1.92. The molecule has 1 aromatic heterocycles. The van der Waals surface area contributed by atoms with Crippen molar-refractivity contribution in [2.24, 2.45) is 16.6 Å². The van der Waals surface area contributed by atoms with Gasteiger partial charge in [0.2, 0.25) is 11.7 Å². The van der Waals surface area contributed by atoms with Crippen molar-refractivity contribution in [2.45, 2.75) is 53.5 Å². The molecule has 1 aliphatic heterocycles. The summed E-state index contributed by atoms with van der Waals surface area (Å²) in [5, 5.41) is 4.07. The predicted molar refractivity (Wildman–Crippen MR) is 112 cm³/mol. The zero-order valence-corrected chi connectivity index (χ0v) is 18.2. The van der Waals surface area contributed by atoms with Gasteiger partial charge in [-0.15, -0.1) is 12.4 Å². The van der Waals surface area contributed by atoms with Crippen LogP contribution in [0.5, 0.6) is 0 Å². The van der Waals surface area contributed by atoms with Gasteiger partial charge in [0.05, 0.1) is 0 Å². The molecule has 154 valence electrons. The summed E-state index contributed by atoms with van der Waals surface area (Å²) in [6.45, 7) is 12.0. The Morgan fingerprint density at radius 1 is 1.29 bits per heavy atom. The maximum atomic E-state index is 12.8. The Kier molecular flexibility index (Phi) is 6.56. The molecule has 3 rings (SSSR count). The van der Waals surface area contributed by atoms with Crippen LogP contribution in [-0.4, -0.2) is 40.1 Å². The van der Waals surface area contributed by atoms with Crippen molar-refractivity contribution >= 4 is 18.3 Å². The lowest BCUT2D eigenvalue weighted by atomic mass is 9.79. The van der Waals surface area contributed by atoms with Gasteiger partial charge in [0.15, 0.2) is 0 Å². The third-order valence-corrected chi connectivity index (χ3v) is 5.14. The van der Waals surface area contributed by atoms with Crippen molar-refractivity contribution in [3.8, 4) is 11.4 Å². The Morgan fingerprint density at radius 2 is 1.93 bits per heavy atom. The number of benzene rings is 1. The number of carbonyl (C=O) groups excluding carboxylic acids is 1. The average Bonchev–Trinajstić information content (AvgIpc) is 3.03. The maximum absolute atomic E-state index is 12.8. The van der Waals surface area contributed by atoms with E-state index in [1.165, 1.54) is 0 Å². The maximum Gasteiger partial charge on any atom is 0.253 e. The highest BCUT2D eigenvalue weighted by Crippen LogP contribution is 2.29. The molecule has 1 fully saturated rings. The topological polar surface area (TPSA) is 85.2 Å². The monoisotopic (exact) mass is 406 g/mol. The van der Waals surface area contributed by atoms with Crippen LogP contribution in [0.3, 0.4) is 0 Å². The molecule has 1 amide bonds. The van der Waals surface area contributed by atoms with E-state index in [4.69, 9.17) is 10.3 Å². The fraction of sp³-hybridized carbons (Fsp3) is 0.571. The van der Waals surface area contributed by atoms with E-state index in [0.29, 0.717) is 30.4 Å². The van der Waals surface area contributed by atoms with Gasteiger partial charge in [-0.05, 0) is 29.4 Å². The van der Waals surface area contributed by atoms with Gasteiger partial charge >= 0.3 is 0 Å². The molecule has 1 saturated heterocycles. The highest BCUT2D eigenvalue weighted by molar-refractivity contribution is 5.94. The predicted octanol–water partition coefficient (Wildman–Crippen LogP) is 3.95. The first-order chi connectivity index (χ1) is 12.5. The van der Waals surface area contributed by atoms with Crippen LogP contribution in [0.25, 0.3) is 11.4 Å². The standard InChI is InChI=1S/C21H30N4O2.ClH/c1-20(2,3)12-17-23-18(24-27-17)14-6-8-15(9-7-14)19(26)25-11-10-16(22)21(4,5)13-25;/h6-9,16H,10-13,22H2,1-5H3;1H. The van der Waals surface area contributed by atoms with Crippen molar-refractivity contribution in [1.82, 2.24) is 15.0 Å². The molecule has 2 heterocycles. The quantitative estimate of drug-likeness (QED) is 0.834. The largest absolute Gasteiger partial charge is 0.339 e. The number of halogens is 1. The molecule has 0 spiro atoms. The van der Waals surface area contributed by atoms with Gasteiger partial charge in [-0.25, -0.2) is 0 Å². The molecular formula is C21H31ClN4O2. The van der Waals surface area contributed by atoms with Crippen molar-refractivity contribution in [3.05, 3.63) is 35.7 Å². The molecule has 1 aliphatic rings. The molecule has 1 aromatic carbocycles. The van der Waals surface area contributed by atoms with E-state index in [1.54, 1.807) is 0 Å². The summed E-state index contributed by atoms with van der Waals surface area (Å²) in [6, 6.07) is 7.54. The van der Waals surface area contributed by atoms with Crippen LogP contribution in [0.1, 0.15) is 57.3 Å². The highest BCUT2D eigenvalue weighted by Gasteiger charge is 2.35. The minimum absolute atomic E-state index is 0. The minimum atomic E-state index is -0.0675. The number of likely N-dealkylation sites (tertiary alicyclic amines) is 1. The van der Waals surface area contributed by atoms with Gasteiger partial charge in [0.1, 0.15) is 0 Å². The van der Waals surface area contributed by atoms with Gasteiger partial charge in [-0.2, -0.15) is 4.98 Å². The molecule has 7 heteroatoms. The second kappa shape index (κ2) is 8.21. The number of carbonyl (C=O) groups is 1. The smallest absolute Gasteiger partial charge is 0.253 e. The summed E-state index contributed by atoms with van der Waals surface area (Å²) in [5.41, 5.74) is 7.71. The summed E-state index contributed by atoms with van der Waals surface area (Å²) >= 11 is 0. The number of rotatable bonds is 3. The van der Waals surface area contributed by atoms with Crippen molar-refractivity contribution < 1.29 is 9.32 Å². The van der Waals surface area contributed by atoms with Crippen LogP contribution >= 0.6 is 12.4 Å². The van der Waals surface area contributed by atoms with Gasteiger partial charge < -0.3 is 15.2 Å². The third-order valence-electron chi connectivity index (χ3n) is 5.14. The molecule has 2 N–H and O–H groups in total. The third kappa shape index (κ3) is 5.11. The van der Waals surface area contributed by atoms with Gasteiger partial charge in [0.25, 0.3) is 5.91 Å². The molecule has 0 saturated carbocycles. The summed E-state index contributed by atoms with van der Waals surface area (Å²) in [7, 11) is 0. The minimum Gasteiger partial charge on any atom is -0.339 e. The summed E-state index contributed by atoms with van der Waals surface area (Å²) < 4.78 is 5.35. The fourth-order valence-corrected chi connectivity index (χ4v) is 3.39. The zero-order chi connectivity index (χ0) is 19.8. The van der Waals surface area contributed by atoms with Crippen molar-refractivity contribution in [3.63, 3.8) is 0 Å². The van der Waals surface area contributed by atoms with E-state index in [-0.39, 0.29) is 35.2 Å². The molecule has 28 heavy (non-hydrogen) atoms. The molecule has 0 aliphatic carbocycles. The van der Waals surface area contributed by atoms with E-state index >= 15 is 0 Å². The number of hydrogen-bond acceptors (Lipinski definition) is 5. The average molecular weight is 407 g/mol. The van der Waals surface area contributed by atoms with Crippen LogP contribution in [0, 0.1) is 10.8 Å². The second-order valence-electron chi connectivity index (χ2n) is 9.44. The van der Waals surface area contributed by atoms with Crippen LogP contribution in [0.2, 0.25) is 0 Å². The first kappa shape index (κ1) is 22.4. The van der Waals surface area contributed by atoms with E-state index in [2.05, 4.69) is 44.8 Å². The van der Waals surface area contributed by atoms with E-state index in [1.807, 2.05) is 29.2 Å². The van der Waals surface area contributed by atoms with E-state index in [0.717, 1.165) is 18.4 Å². The summed E-state index contributed by atoms with van der Waals surface area (Å²) in [5.74, 6) is 1.23. The Balaban J connectivity index is 0.00000280. The fourth-order valence-electron chi connectivity index (χ4n) is 3.39. The summed E-state index contributed by atoms with van der Waals surface area (Å²) in [6.07, 6.45) is 1.56. The molecule has 0 bridgehead atoms. The number of hydrogen-bond donors (Lipinski definition) is 1. The van der Waals surface area contributed by atoms with Crippen LogP contribution in [-0.2, 0) is 6.42 Å². The van der Waals surface area contributed by atoms with Gasteiger partial charge in [0, 0.05) is 36.7 Å². The Bertz CT molecular complexity index is 809. The lowest BCUT2D eigenvalue weighted by Crippen LogP contribution is -2.53. The van der Waals surface area contributed by atoms with Crippen molar-refractivity contribution in [2.75, 3.05) is 13.1 Å². The van der Waals surface area contributed by atoms with Gasteiger partial charge in [-0.3, -0.25) is 4.79 Å². The number of piperidine rings is 1. The van der Waals surface area contributed by atoms with E-state index < -0.39 is 0 Å². The Labute approximate surface area is 173 Å². The lowest BCUT2D eigenvalue weighted by molar-refractivity contribution is 0.0533. The number of aromatic nitrogens is 2. The normalized spacial score (nSPS) is 19.2. The van der Waals surface area contributed by atoms with E-state index in [9.17, 15) is 4.79 Å². The molecule has 2 aromatic rings. The highest BCUT2D eigenvalue weighted by atomic mass is 35.5. The molecule has 1 atom stereocenters. The van der Waals surface area contributed by atoms with Crippen molar-refractivity contribution in [1.29, 1.82) is 0 Å². The first-order valence-electron chi connectivity index (χ1n) is 9.53. The molecule has 6 nitrogen and oxygen atoms in total. The van der Waals surface area contributed by atoms with Crippen LogP contribution < -0.4 is 5.73 Å².